The molecular formula is C19H28N2O3. The Labute approximate surface area is 144 Å². The van der Waals surface area contributed by atoms with E-state index in [-0.39, 0.29) is 5.91 Å². The second-order valence-corrected chi connectivity index (χ2v) is 6.78. The fourth-order valence-corrected chi connectivity index (χ4v) is 3.41. The van der Waals surface area contributed by atoms with Gasteiger partial charge in [0.05, 0.1) is 13.2 Å². The van der Waals surface area contributed by atoms with Crippen LogP contribution in [0.5, 0.6) is 11.5 Å². The van der Waals surface area contributed by atoms with Gasteiger partial charge in [-0.15, -0.1) is 0 Å². The van der Waals surface area contributed by atoms with E-state index in [1.54, 1.807) is 0 Å². The third-order valence-corrected chi connectivity index (χ3v) is 4.93. The highest BCUT2D eigenvalue weighted by atomic mass is 16.5. The third-order valence-electron chi connectivity index (χ3n) is 4.93. The molecule has 1 aromatic carbocycles. The molecule has 2 heterocycles. The standard InChI is InChI=1S/C19H28N2O3/c1-21-10-3-2-5-16(21)7-9-19(22)20-14-15-6-8-17-18(13-15)24-12-4-11-23-17/h6,8,13,16H,2-5,7,9-12,14H2,1H3,(H,20,22). The monoisotopic (exact) mass is 332 g/mol. The van der Waals surface area contributed by atoms with Crippen molar-refractivity contribution in [2.45, 2.75) is 51.1 Å². The van der Waals surface area contributed by atoms with E-state index in [0.717, 1.165) is 36.4 Å². The number of nitrogens with one attached hydrogen (secondary N) is 1. The number of likely N-dealkylation sites (tertiary alicyclic amines) is 1. The minimum atomic E-state index is 0.126. The predicted octanol–water partition coefficient (Wildman–Crippen LogP) is 2.73. The molecule has 0 spiro atoms. The SMILES string of the molecule is CN1CCCCC1CCC(=O)NCc1ccc2c(c1)OCCCO2. The van der Waals surface area contributed by atoms with Crippen LogP contribution in [-0.4, -0.2) is 43.7 Å². The van der Waals surface area contributed by atoms with Crippen LogP contribution in [0.15, 0.2) is 18.2 Å². The molecule has 1 aromatic rings. The topological polar surface area (TPSA) is 50.8 Å². The van der Waals surface area contributed by atoms with Crippen molar-refractivity contribution in [3.05, 3.63) is 23.8 Å². The molecule has 0 aromatic heterocycles. The van der Waals surface area contributed by atoms with Crippen molar-refractivity contribution in [3.8, 4) is 11.5 Å². The Morgan fingerprint density at radius 2 is 2.04 bits per heavy atom. The number of benzene rings is 1. The summed E-state index contributed by atoms with van der Waals surface area (Å²) in [4.78, 5) is 14.5. The summed E-state index contributed by atoms with van der Waals surface area (Å²) in [7, 11) is 2.17. The second kappa shape index (κ2) is 8.38. The Morgan fingerprint density at radius 1 is 1.21 bits per heavy atom. The maximum atomic E-state index is 12.1. The van der Waals surface area contributed by atoms with Crippen LogP contribution in [0.3, 0.4) is 0 Å². The molecule has 5 heteroatoms. The van der Waals surface area contributed by atoms with Crippen LogP contribution in [0.1, 0.15) is 44.1 Å². The Bertz CT molecular complexity index is 562. The minimum Gasteiger partial charge on any atom is -0.490 e. The number of hydrogen-bond donors (Lipinski definition) is 1. The number of nitrogens with zero attached hydrogens (tertiary/aromatic N) is 1. The van der Waals surface area contributed by atoms with Gasteiger partial charge in [-0.05, 0) is 50.6 Å². The first-order valence-corrected chi connectivity index (χ1v) is 9.08. The molecule has 1 saturated heterocycles. The number of fused-ring (bicyclic) bond motifs is 1. The number of ether oxygens (including phenoxy) is 2. The average molecular weight is 332 g/mol. The first kappa shape index (κ1) is 17.1. The van der Waals surface area contributed by atoms with E-state index in [2.05, 4.69) is 17.3 Å². The van der Waals surface area contributed by atoms with Crippen LogP contribution in [0.25, 0.3) is 0 Å². The van der Waals surface area contributed by atoms with Crippen molar-refractivity contribution in [1.82, 2.24) is 10.2 Å². The molecular weight excluding hydrogens is 304 g/mol. The van der Waals surface area contributed by atoms with Gasteiger partial charge in [0.15, 0.2) is 11.5 Å². The lowest BCUT2D eigenvalue weighted by Crippen LogP contribution is -2.37. The van der Waals surface area contributed by atoms with Gasteiger partial charge in [-0.1, -0.05) is 12.5 Å². The Kier molecular flexibility index (Phi) is 5.96. The van der Waals surface area contributed by atoms with Crippen LogP contribution in [0.2, 0.25) is 0 Å². The van der Waals surface area contributed by atoms with Crippen molar-refractivity contribution < 1.29 is 14.3 Å². The van der Waals surface area contributed by atoms with Crippen molar-refractivity contribution in [2.75, 3.05) is 26.8 Å². The highest BCUT2D eigenvalue weighted by molar-refractivity contribution is 5.75. The summed E-state index contributed by atoms with van der Waals surface area (Å²) >= 11 is 0. The number of rotatable bonds is 5. The lowest BCUT2D eigenvalue weighted by atomic mass is 9.98. The summed E-state index contributed by atoms with van der Waals surface area (Å²) in [6.07, 6.45) is 6.22. The van der Waals surface area contributed by atoms with Gasteiger partial charge in [0.2, 0.25) is 5.91 Å². The number of amides is 1. The molecule has 132 valence electrons. The molecule has 24 heavy (non-hydrogen) atoms. The summed E-state index contributed by atoms with van der Waals surface area (Å²) < 4.78 is 11.3. The molecule has 1 unspecified atom stereocenters. The number of piperidine rings is 1. The molecule has 0 radical (unpaired) electrons. The highest BCUT2D eigenvalue weighted by Crippen LogP contribution is 2.30. The number of carbonyl (C=O) groups excluding carboxylic acids is 1. The van der Waals surface area contributed by atoms with E-state index >= 15 is 0 Å². The van der Waals surface area contributed by atoms with Crippen molar-refractivity contribution >= 4 is 5.91 Å². The van der Waals surface area contributed by atoms with E-state index in [1.807, 2.05) is 18.2 Å². The molecule has 1 N–H and O–H groups in total. The van der Waals surface area contributed by atoms with Gasteiger partial charge in [-0.3, -0.25) is 4.79 Å². The van der Waals surface area contributed by atoms with Gasteiger partial charge in [0.25, 0.3) is 0 Å². The van der Waals surface area contributed by atoms with Gasteiger partial charge in [-0.2, -0.15) is 0 Å². The summed E-state index contributed by atoms with van der Waals surface area (Å²) in [6, 6.07) is 6.44. The van der Waals surface area contributed by atoms with E-state index in [1.165, 1.54) is 19.3 Å². The zero-order valence-corrected chi connectivity index (χ0v) is 14.6. The number of carbonyl (C=O) groups is 1. The Morgan fingerprint density at radius 3 is 2.88 bits per heavy atom. The lowest BCUT2D eigenvalue weighted by Gasteiger charge is -2.32. The predicted molar refractivity (Wildman–Crippen MR) is 93.4 cm³/mol. The molecule has 1 amide bonds. The number of hydrogen-bond acceptors (Lipinski definition) is 4. The maximum absolute atomic E-state index is 12.1. The fraction of sp³-hybridized carbons (Fsp3) is 0.632. The molecule has 0 bridgehead atoms. The maximum Gasteiger partial charge on any atom is 0.220 e. The Hall–Kier alpha value is -1.75. The zero-order chi connectivity index (χ0) is 16.8. The van der Waals surface area contributed by atoms with Crippen LogP contribution < -0.4 is 14.8 Å². The first-order chi connectivity index (χ1) is 11.7. The highest BCUT2D eigenvalue weighted by Gasteiger charge is 2.19. The summed E-state index contributed by atoms with van der Waals surface area (Å²) in [5, 5.41) is 3.02. The molecule has 5 nitrogen and oxygen atoms in total. The normalized spacial score (nSPS) is 21.1. The van der Waals surface area contributed by atoms with Crippen molar-refractivity contribution in [1.29, 1.82) is 0 Å². The van der Waals surface area contributed by atoms with Gasteiger partial charge >= 0.3 is 0 Å². The third kappa shape index (κ3) is 4.63. The van der Waals surface area contributed by atoms with Gasteiger partial charge < -0.3 is 19.7 Å². The van der Waals surface area contributed by atoms with E-state index in [4.69, 9.17) is 9.47 Å². The zero-order valence-electron chi connectivity index (χ0n) is 14.6. The summed E-state index contributed by atoms with van der Waals surface area (Å²) in [6.45, 7) is 3.07. The fourth-order valence-electron chi connectivity index (χ4n) is 3.41. The summed E-state index contributed by atoms with van der Waals surface area (Å²) in [5.74, 6) is 1.70. The van der Waals surface area contributed by atoms with Crippen LogP contribution in [0, 0.1) is 0 Å². The first-order valence-electron chi connectivity index (χ1n) is 9.08. The second-order valence-electron chi connectivity index (χ2n) is 6.78. The molecule has 0 aliphatic carbocycles. The van der Waals surface area contributed by atoms with Crippen molar-refractivity contribution in [3.63, 3.8) is 0 Å². The molecule has 2 aliphatic rings. The smallest absolute Gasteiger partial charge is 0.220 e. The lowest BCUT2D eigenvalue weighted by molar-refractivity contribution is -0.121. The van der Waals surface area contributed by atoms with E-state index in [9.17, 15) is 4.79 Å². The minimum absolute atomic E-state index is 0.126. The van der Waals surface area contributed by atoms with Crippen LogP contribution in [0.4, 0.5) is 0 Å². The van der Waals surface area contributed by atoms with Crippen LogP contribution >= 0.6 is 0 Å². The van der Waals surface area contributed by atoms with Crippen LogP contribution in [-0.2, 0) is 11.3 Å². The van der Waals surface area contributed by atoms with E-state index in [0.29, 0.717) is 32.2 Å². The van der Waals surface area contributed by atoms with Gasteiger partial charge in [0.1, 0.15) is 0 Å². The van der Waals surface area contributed by atoms with Gasteiger partial charge in [-0.25, -0.2) is 0 Å². The molecule has 1 fully saturated rings. The molecule has 0 saturated carbocycles. The average Bonchev–Trinajstić information content (AvgIpc) is 2.84. The largest absolute Gasteiger partial charge is 0.490 e. The molecule has 3 rings (SSSR count). The van der Waals surface area contributed by atoms with Gasteiger partial charge in [0, 0.05) is 25.4 Å². The quantitative estimate of drug-likeness (QED) is 0.901. The van der Waals surface area contributed by atoms with Crippen molar-refractivity contribution in [2.24, 2.45) is 0 Å². The van der Waals surface area contributed by atoms with E-state index < -0.39 is 0 Å². The summed E-state index contributed by atoms with van der Waals surface area (Å²) in [5.41, 5.74) is 1.04. The molecule has 2 aliphatic heterocycles. The Balaban J connectivity index is 1.45. The molecule has 1 atom stereocenters.